The van der Waals surface area contributed by atoms with Gasteiger partial charge in [-0.1, -0.05) is 23.2 Å². The van der Waals surface area contributed by atoms with E-state index in [1.54, 1.807) is 19.1 Å². The molecule has 8 nitrogen and oxygen atoms in total. The Morgan fingerprint density at radius 3 is 1.58 bits per heavy atom. The molecule has 4 aromatic rings. The van der Waals surface area contributed by atoms with Crippen molar-refractivity contribution in [3.63, 3.8) is 0 Å². The lowest BCUT2D eigenvalue weighted by Gasteiger charge is -2.08. The fourth-order valence-corrected chi connectivity index (χ4v) is 3.49. The second-order valence-electron chi connectivity index (χ2n) is 7.29. The predicted molar refractivity (Wildman–Crippen MR) is 130 cm³/mol. The van der Waals surface area contributed by atoms with Crippen LogP contribution in [0, 0.1) is 0 Å². The summed E-state index contributed by atoms with van der Waals surface area (Å²) < 4.78 is 58.8. The van der Waals surface area contributed by atoms with Crippen LogP contribution in [0.15, 0.2) is 60.9 Å². The minimum atomic E-state index is -2.94. The minimum absolute atomic E-state index is 0.105. The van der Waals surface area contributed by atoms with E-state index in [0.29, 0.717) is 21.4 Å². The smallest absolute Gasteiger partial charge is 0.341 e. The number of alkyl halides is 4. The first-order valence-electron chi connectivity index (χ1n) is 10.7. The number of carbonyl (C=O) groups excluding carboxylic acids is 1. The van der Waals surface area contributed by atoms with Gasteiger partial charge in [-0.3, -0.25) is 0 Å². The van der Waals surface area contributed by atoms with Gasteiger partial charge in [-0.2, -0.15) is 10.2 Å². The third-order valence-corrected chi connectivity index (χ3v) is 5.40. The average Bonchev–Trinajstić information content (AvgIpc) is 3.51. The van der Waals surface area contributed by atoms with Gasteiger partial charge in [-0.15, -0.1) is 0 Å². The highest BCUT2D eigenvalue weighted by Gasteiger charge is 2.26. The summed E-state index contributed by atoms with van der Waals surface area (Å²) in [4.78, 5) is 22.5. The van der Waals surface area contributed by atoms with Crippen molar-refractivity contribution in [1.82, 2.24) is 19.6 Å². The Balaban J connectivity index is 0.000000212. The first-order chi connectivity index (χ1) is 18.0. The molecule has 0 aliphatic heterocycles. The zero-order valence-electron chi connectivity index (χ0n) is 19.4. The number of aromatic carboxylic acids is 1. The Hall–Kier alpha value is -3.90. The molecule has 2 aromatic carbocycles. The van der Waals surface area contributed by atoms with Gasteiger partial charge >= 0.3 is 11.9 Å². The number of hydrogen-bond donors (Lipinski definition) is 1. The van der Waals surface area contributed by atoms with Crippen LogP contribution in [-0.4, -0.2) is 43.2 Å². The van der Waals surface area contributed by atoms with Crippen molar-refractivity contribution in [3.8, 4) is 11.4 Å². The molecule has 0 saturated carbocycles. The first-order valence-corrected chi connectivity index (χ1v) is 11.4. The number of benzene rings is 2. The summed E-state index contributed by atoms with van der Waals surface area (Å²) in [6, 6.07) is 12.2. The van der Waals surface area contributed by atoms with Crippen LogP contribution in [-0.2, 0) is 4.74 Å². The van der Waals surface area contributed by atoms with E-state index in [1.807, 2.05) is 0 Å². The van der Waals surface area contributed by atoms with Crippen LogP contribution >= 0.6 is 23.2 Å². The number of halogens is 6. The standard InChI is InChI=1S/C13H11ClF2N2O2.C11H7ClF2N2O2/c1-2-20-13(19)10-7-17-18(11(10)12(15)16)9-5-3-8(14)4-6-9;12-6-1-3-7(4-2-6)16-9(10(13)14)8(5-15-16)11(17)18/h3-7,12H,2H2,1H3;1-5,10H,(H,17,18). The number of aromatic nitrogens is 4. The number of rotatable bonds is 7. The van der Waals surface area contributed by atoms with Gasteiger partial charge in [-0.05, 0) is 55.5 Å². The molecule has 0 unspecified atom stereocenters. The van der Waals surface area contributed by atoms with E-state index < -0.39 is 41.7 Å². The largest absolute Gasteiger partial charge is 0.478 e. The molecule has 0 amide bonds. The van der Waals surface area contributed by atoms with Gasteiger partial charge < -0.3 is 9.84 Å². The van der Waals surface area contributed by atoms with Crippen LogP contribution in [0.3, 0.4) is 0 Å². The molecule has 1 N–H and O–H groups in total. The van der Waals surface area contributed by atoms with E-state index in [1.165, 1.54) is 36.4 Å². The number of carboxylic acids is 1. The van der Waals surface area contributed by atoms with Gasteiger partial charge in [-0.25, -0.2) is 36.5 Å². The topological polar surface area (TPSA) is 99.2 Å². The highest BCUT2D eigenvalue weighted by Crippen LogP contribution is 2.28. The fourth-order valence-electron chi connectivity index (χ4n) is 3.24. The highest BCUT2D eigenvalue weighted by molar-refractivity contribution is 6.30. The number of ether oxygens (including phenoxy) is 1. The second-order valence-corrected chi connectivity index (χ2v) is 8.16. The van der Waals surface area contributed by atoms with Gasteiger partial charge in [0.05, 0.1) is 30.4 Å². The lowest BCUT2D eigenvalue weighted by Crippen LogP contribution is -2.10. The Labute approximate surface area is 223 Å². The van der Waals surface area contributed by atoms with Gasteiger partial charge in [0.25, 0.3) is 12.9 Å². The maximum Gasteiger partial charge on any atom is 0.341 e. The molecule has 0 aliphatic carbocycles. The predicted octanol–water partition coefficient (Wildman–Crippen LogP) is 6.80. The summed E-state index contributed by atoms with van der Waals surface area (Å²) in [5, 5.41) is 17.2. The monoisotopic (exact) mass is 572 g/mol. The molecule has 0 spiro atoms. The lowest BCUT2D eigenvalue weighted by atomic mass is 10.2. The zero-order chi connectivity index (χ0) is 28.0. The molecular weight excluding hydrogens is 555 g/mol. The third kappa shape index (κ3) is 6.50. The summed E-state index contributed by atoms with van der Waals surface area (Å²) >= 11 is 11.4. The molecule has 0 radical (unpaired) electrons. The van der Waals surface area contributed by atoms with Crippen LogP contribution in [0.1, 0.15) is 51.9 Å². The number of carbonyl (C=O) groups is 2. The van der Waals surface area contributed by atoms with Gasteiger partial charge in [0, 0.05) is 10.0 Å². The van der Waals surface area contributed by atoms with Crippen molar-refractivity contribution < 1.29 is 37.0 Å². The van der Waals surface area contributed by atoms with E-state index in [9.17, 15) is 27.2 Å². The Morgan fingerprint density at radius 1 is 0.816 bits per heavy atom. The highest BCUT2D eigenvalue weighted by atomic mass is 35.5. The molecule has 200 valence electrons. The number of hydrogen-bond acceptors (Lipinski definition) is 5. The van der Waals surface area contributed by atoms with Crippen molar-refractivity contribution in [3.05, 3.63) is 93.5 Å². The van der Waals surface area contributed by atoms with Crippen molar-refractivity contribution in [2.45, 2.75) is 19.8 Å². The van der Waals surface area contributed by atoms with Gasteiger partial charge in [0.1, 0.15) is 22.5 Å². The minimum Gasteiger partial charge on any atom is -0.478 e. The summed E-state index contributed by atoms with van der Waals surface area (Å²) in [7, 11) is 0. The van der Waals surface area contributed by atoms with Crippen LogP contribution in [0.2, 0.25) is 10.0 Å². The molecule has 0 saturated heterocycles. The van der Waals surface area contributed by atoms with Gasteiger partial charge in [0.2, 0.25) is 0 Å². The molecule has 2 aromatic heterocycles. The van der Waals surface area contributed by atoms with E-state index in [4.69, 9.17) is 33.0 Å². The molecule has 4 rings (SSSR count). The molecule has 0 bridgehead atoms. The van der Waals surface area contributed by atoms with Crippen LogP contribution < -0.4 is 0 Å². The summed E-state index contributed by atoms with van der Waals surface area (Å²) in [6.45, 7) is 1.71. The zero-order valence-corrected chi connectivity index (χ0v) is 20.9. The van der Waals surface area contributed by atoms with Crippen molar-refractivity contribution in [2.24, 2.45) is 0 Å². The van der Waals surface area contributed by atoms with Crippen molar-refractivity contribution in [2.75, 3.05) is 6.61 Å². The van der Waals surface area contributed by atoms with Crippen molar-refractivity contribution in [1.29, 1.82) is 0 Å². The maximum atomic E-state index is 13.2. The maximum absolute atomic E-state index is 13.2. The average molecular weight is 573 g/mol. The molecule has 0 atom stereocenters. The van der Waals surface area contributed by atoms with E-state index in [0.717, 1.165) is 21.8 Å². The molecule has 38 heavy (non-hydrogen) atoms. The van der Waals surface area contributed by atoms with Crippen LogP contribution in [0.4, 0.5) is 17.6 Å². The van der Waals surface area contributed by atoms with E-state index in [-0.39, 0.29) is 12.2 Å². The van der Waals surface area contributed by atoms with Crippen LogP contribution in [0.25, 0.3) is 11.4 Å². The van der Waals surface area contributed by atoms with E-state index >= 15 is 0 Å². The molecular formula is C24H18Cl2F4N4O4. The number of nitrogens with zero attached hydrogens (tertiary/aromatic N) is 4. The van der Waals surface area contributed by atoms with E-state index in [2.05, 4.69) is 10.2 Å². The Morgan fingerprint density at radius 2 is 1.21 bits per heavy atom. The summed E-state index contributed by atoms with van der Waals surface area (Å²) in [5.41, 5.74) is -1.19. The molecule has 2 heterocycles. The Kier molecular flexibility index (Phi) is 9.48. The molecule has 0 aliphatic rings. The SMILES string of the molecule is CCOC(=O)c1cnn(-c2ccc(Cl)cc2)c1C(F)F.O=C(O)c1cnn(-c2ccc(Cl)cc2)c1C(F)F. The summed E-state index contributed by atoms with van der Waals surface area (Å²) in [6.07, 6.45) is -3.81. The quantitative estimate of drug-likeness (QED) is 0.193. The van der Waals surface area contributed by atoms with Crippen molar-refractivity contribution >= 4 is 35.1 Å². The van der Waals surface area contributed by atoms with Crippen LogP contribution in [0.5, 0.6) is 0 Å². The molecule has 14 heteroatoms. The summed E-state index contributed by atoms with van der Waals surface area (Å²) in [5.74, 6) is -2.26. The third-order valence-electron chi connectivity index (χ3n) is 4.89. The number of carboxylic acid groups (broad SMARTS) is 1. The number of esters is 1. The Bertz CT molecular complexity index is 1410. The second kappa shape index (κ2) is 12.6. The normalized spacial score (nSPS) is 10.9. The fraction of sp³-hybridized carbons (Fsp3) is 0.167. The lowest BCUT2D eigenvalue weighted by molar-refractivity contribution is 0.0514. The first kappa shape index (κ1) is 28.7. The van der Waals surface area contributed by atoms with Gasteiger partial charge in [0.15, 0.2) is 0 Å². The molecule has 0 fully saturated rings.